The lowest BCUT2D eigenvalue weighted by Crippen LogP contribution is -2.46. The van der Waals surface area contributed by atoms with Gasteiger partial charge in [-0.3, -0.25) is 0 Å². The van der Waals surface area contributed by atoms with E-state index in [-0.39, 0.29) is 0 Å². The second-order valence-corrected chi connectivity index (χ2v) is 8.35. The Hall–Kier alpha value is -2.01. The van der Waals surface area contributed by atoms with Crippen LogP contribution >= 0.6 is 15.9 Å². The van der Waals surface area contributed by atoms with Crippen molar-refractivity contribution in [1.29, 1.82) is 0 Å². The maximum absolute atomic E-state index is 4.71. The Labute approximate surface area is 163 Å². The van der Waals surface area contributed by atoms with Crippen LogP contribution in [-0.2, 0) is 6.42 Å². The van der Waals surface area contributed by atoms with Crippen LogP contribution in [0, 0.1) is 5.92 Å². The summed E-state index contributed by atoms with van der Waals surface area (Å²) in [5.41, 5.74) is 4.80. The number of aromatic amines is 1. The molecule has 0 aliphatic carbocycles. The molecular weight excluding hydrogens is 388 g/mol. The maximum atomic E-state index is 4.71. The zero-order valence-corrected chi connectivity index (χ0v) is 17.0. The third-order valence-electron chi connectivity index (χ3n) is 4.95. The van der Waals surface area contributed by atoms with Crippen LogP contribution in [-0.4, -0.2) is 36.1 Å². The zero-order valence-electron chi connectivity index (χ0n) is 15.4. The Balaban J connectivity index is 1.46. The van der Waals surface area contributed by atoms with Crippen molar-refractivity contribution >= 4 is 38.3 Å². The topological polar surface area (TPSA) is 35.2 Å². The monoisotopic (exact) mass is 412 g/mol. The fraction of sp³-hybridized carbons (Fsp3) is 0.381. The standard InChI is InChI=1S/C21H25BrN4/c1-15(2)13-21-23-19-8-7-18(14-20(19)24-21)26-11-9-25(10-12-26)17-5-3-16(22)4-6-17/h3-8,14-15H,9-13H2,1-2H3,(H,23,24). The van der Waals surface area contributed by atoms with Gasteiger partial charge in [-0.25, -0.2) is 4.98 Å². The van der Waals surface area contributed by atoms with E-state index in [0.717, 1.165) is 53.9 Å². The van der Waals surface area contributed by atoms with Gasteiger partial charge >= 0.3 is 0 Å². The molecule has 4 rings (SSSR count). The highest BCUT2D eigenvalue weighted by Crippen LogP contribution is 2.25. The number of halogens is 1. The van der Waals surface area contributed by atoms with Gasteiger partial charge in [-0.1, -0.05) is 29.8 Å². The van der Waals surface area contributed by atoms with Crippen LogP contribution in [0.15, 0.2) is 46.9 Å². The van der Waals surface area contributed by atoms with E-state index in [1.54, 1.807) is 0 Å². The highest BCUT2D eigenvalue weighted by molar-refractivity contribution is 9.10. The lowest BCUT2D eigenvalue weighted by atomic mass is 10.1. The van der Waals surface area contributed by atoms with Crippen molar-refractivity contribution < 1.29 is 0 Å². The van der Waals surface area contributed by atoms with Crippen molar-refractivity contribution in [2.75, 3.05) is 36.0 Å². The quantitative estimate of drug-likeness (QED) is 0.664. The van der Waals surface area contributed by atoms with E-state index >= 15 is 0 Å². The molecule has 2 aromatic carbocycles. The third kappa shape index (κ3) is 3.73. The molecule has 4 nitrogen and oxygen atoms in total. The van der Waals surface area contributed by atoms with Crippen molar-refractivity contribution in [2.45, 2.75) is 20.3 Å². The molecule has 1 N–H and O–H groups in total. The summed E-state index contributed by atoms with van der Waals surface area (Å²) in [7, 11) is 0. The molecule has 0 atom stereocenters. The summed E-state index contributed by atoms with van der Waals surface area (Å²) in [5.74, 6) is 1.70. The fourth-order valence-corrected chi connectivity index (χ4v) is 3.87. The number of aromatic nitrogens is 2. The molecule has 5 heteroatoms. The van der Waals surface area contributed by atoms with Gasteiger partial charge in [0, 0.05) is 48.4 Å². The number of H-pyrrole nitrogens is 1. The van der Waals surface area contributed by atoms with E-state index in [9.17, 15) is 0 Å². The predicted molar refractivity (Wildman–Crippen MR) is 113 cm³/mol. The van der Waals surface area contributed by atoms with Gasteiger partial charge in [0.2, 0.25) is 0 Å². The molecule has 1 aromatic heterocycles. The number of nitrogens with one attached hydrogen (secondary N) is 1. The molecule has 136 valence electrons. The van der Waals surface area contributed by atoms with Gasteiger partial charge in [-0.05, 0) is 48.4 Å². The molecule has 1 aliphatic rings. The van der Waals surface area contributed by atoms with E-state index < -0.39 is 0 Å². The molecule has 3 aromatic rings. The third-order valence-corrected chi connectivity index (χ3v) is 5.48. The smallest absolute Gasteiger partial charge is 0.107 e. The number of fused-ring (bicyclic) bond motifs is 1. The normalized spacial score (nSPS) is 15.2. The molecule has 0 radical (unpaired) electrons. The van der Waals surface area contributed by atoms with E-state index in [0.29, 0.717) is 5.92 Å². The van der Waals surface area contributed by atoms with Gasteiger partial charge in [0.25, 0.3) is 0 Å². The van der Waals surface area contributed by atoms with E-state index in [4.69, 9.17) is 4.98 Å². The van der Waals surface area contributed by atoms with Gasteiger partial charge < -0.3 is 14.8 Å². The molecule has 26 heavy (non-hydrogen) atoms. The Bertz CT molecular complexity index is 877. The second kappa shape index (κ2) is 7.31. The second-order valence-electron chi connectivity index (χ2n) is 7.43. The van der Waals surface area contributed by atoms with E-state index in [1.165, 1.54) is 11.4 Å². The lowest BCUT2D eigenvalue weighted by molar-refractivity contribution is 0.627. The van der Waals surface area contributed by atoms with Crippen LogP contribution < -0.4 is 9.80 Å². The molecule has 1 saturated heterocycles. The van der Waals surface area contributed by atoms with Gasteiger partial charge in [0.15, 0.2) is 0 Å². The number of anilines is 2. The summed E-state index contributed by atoms with van der Waals surface area (Å²) in [4.78, 5) is 13.1. The van der Waals surface area contributed by atoms with E-state index in [1.807, 2.05) is 0 Å². The Morgan fingerprint density at radius 1 is 0.962 bits per heavy atom. The molecule has 0 bridgehead atoms. The van der Waals surface area contributed by atoms with Crippen molar-refractivity contribution in [3.63, 3.8) is 0 Å². The van der Waals surface area contributed by atoms with Gasteiger partial charge in [-0.15, -0.1) is 0 Å². The number of hydrogen-bond acceptors (Lipinski definition) is 3. The summed E-state index contributed by atoms with van der Waals surface area (Å²) in [5, 5.41) is 0. The lowest BCUT2D eigenvalue weighted by Gasteiger charge is -2.37. The van der Waals surface area contributed by atoms with Crippen LogP contribution in [0.2, 0.25) is 0 Å². The van der Waals surface area contributed by atoms with Crippen LogP contribution in [0.25, 0.3) is 11.0 Å². The first-order valence-corrected chi connectivity index (χ1v) is 10.1. The predicted octanol–water partition coefficient (Wildman–Crippen LogP) is 4.85. The Morgan fingerprint density at radius 3 is 2.23 bits per heavy atom. The summed E-state index contributed by atoms with van der Waals surface area (Å²) >= 11 is 3.51. The first-order chi connectivity index (χ1) is 12.6. The Morgan fingerprint density at radius 2 is 1.58 bits per heavy atom. The minimum atomic E-state index is 0.613. The summed E-state index contributed by atoms with van der Waals surface area (Å²) in [6, 6.07) is 15.2. The number of hydrogen-bond donors (Lipinski definition) is 1. The van der Waals surface area contributed by atoms with Crippen molar-refractivity contribution in [3.05, 3.63) is 52.8 Å². The van der Waals surface area contributed by atoms with Crippen molar-refractivity contribution in [2.24, 2.45) is 5.92 Å². The van der Waals surface area contributed by atoms with Crippen LogP contribution in [0.4, 0.5) is 11.4 Å². The number of nitrogens with zero attached hydrogens (tertiary/aromatic N) is 3. The zero-order chi connectivity index (χ0) is 18.1. The summed E-state index contributed by atoms with van der Waals surface area (Å²) < 4.78 is 1.13. The molecule has 0 unspecified atom stereocenters. The van der Waals surface area contributed by atoms with Gasteiger partial charge in [-0.2, -0.15) is 0 Å². The van der Waals surface area contributed by atoms with E-state index in [2.05, 4.69) is 87.0 Å². The van der Waals surface area contributed by atoms with Gasteiger partial charge in [0.1, 0.15) is 5.82 Å². The number of rotatable bonds is 4. The Kier molecular flexibility index (Phi) is 4.90. The highest BCUT2D eigenvalue weighted by atomic mass is 79.9. The highest BCUT2D eigenvalue weighted by Gasteiger charge is 2.18. The number of benzene rings is 2. The molecular formula is C21H25BrN4. The van der Waals surface area contributed by atoms with Crippen molar-refractivity contribution in [1.82, 2.24) is 9.97 Å². The molecule has 2 heterocycles. The average molecular weight is 413 g/mol. The minimum Gasteiger partial charge on any atom is -0.368 e. The SMILES string of the molecule is CC(C)Cc1nc2ccc(N3CCN(c4ccc(Br)cc4)CC3)cc2[nH]1. The molecule has 0 saturated carbocycles. The summed E-state index contributed by atoms with van der Waals surface area (Å²) in [6.45, 7) is 8.61. The number of imidazole rings is 1. The molecule has 1 fully saturated rings. The molecule has 0 amide bonds. The largest absolute Gasteiger partial charge is 0.368 e. The fourth-order valence-electron chi connectivity index (χ4n) is 3.61. The van der Waals surface area contributed by atoms with Crippen LogP contribution in [0.3, 0.4) is 0 Å². The van der Waals surface area contributed by atoms with Gasteiger partial charge in [0.05, 0.1) is 11.0 Å². The first kappa shape index (κ1) is 17.4. The van der Waals surface area contributed by atoms with Crippen LogP contribution in [0.5, 0.6) is 0 Å². The molecule has 0 spiro atoms. The first-order valence-electron chi connectivity index (χ1n) is 9.32. The summed E-state index contributed by atoms with van der Waals surface area (Å²) in [6.07, 6.45) is 0.996. The number of piperazine rings is 1. The molecule has 1 aliphatic heterocycles. The average Bonchev–Trinajstić information content (AvgIpc) is 3.03. The minimum absolute atomic E-state index is 0.613. The van der Waals surface area contributed by atoms with Crippen molar-refractivity contribution in [3.8, 4) is 0 Å². The maximum Gasteiger partial charge on any atom is 0.107 e. The van der Waals surface area contributed by atoms with Crippen LogP contribution in [0.1, 0.15) is 19.7 Å².